The van der Waals surface area contributed by atoms with E-state index in [9.17, 15) is 14.3 Å². The van der Waals surface area contributed by atoms with Gasteiger partial charge in [0.1, 0.15) is 18.7 Å². The van der Waals surface area contributed by atoms with E-state index in [2.05, 4.69) is 9.68 Å². The Kier molecular flexibility index (Phi) is 3.92. The second kappa shape index (κ2) is 6.25. The summed E-state index contributed by atoms with van der Waals surface area (Å²) < 4.78 is 29.5. The lowest BCUT2D eigenvalue weighted by molar-refractivity contribution is 0.102. The zero-order chi connectivity index (χ0) is 17.4. The Balaban J connectivity index is 1.41. The maximum Gasteiger partial charge on any atom is 0.414 e. The summed E-state index contributed by atoms with van der Waals surface area (Å²) in [5.74, 6) is -0.138. The molecule has 9 heteroatoms. The molecule has 2 aliphatic rings. The van der Waals surface area contributed by atoms with E-state index in [0.29, 0.717) is 30.3 Å². The summed E-state index contributed by atoms with van der Waals surface area (Å²) >= 11 is 0. The quantitative estimate of drug-likeness (QED) is 0.873. The second-order valence-corrected chi connectivity index (χ2v) is 5.96. The highest BCUT2D eigenvalue weighted by Crippen LogP contribution is 2.30. The van der Waals surface area contributed by atoms with Crippen LogP contribution in [-0.4, -0.2) is 54.8 Å². The molecule has 1 unspecified atom stereocenters. The Bertz CT molecular complexity index is 763. The third kappa shape index (κ3) is 3.10. The van der Waals surface area contributed by atoms with Crippen LogP contribution in [0.5, 0.6) is 5.88 Å². The zero-order valence-corrected chi connectivity index (χ0v) is 13.2. The summed E-state index contributed by atoms with van der Waals surface area (Å²) in [5, 5.41) is 12.9. The van der Waals surface area contributed by atoms with Crippen molar-refractivity contribution in [3.8, 4) is 5.88 Å². The second-order valence-electron chi connectivity index (χ2n) is 5.96. The normalized spacial score (nSPS) is 20.6. The van der Waals surface area contributed by atoms with Crippen LogP contribution in [0, 0.1) is 5.82 Å². The van der Waals surface area contributed by atoms with Gasteiger partial charge in [0.25, 0.3) is 5.88 Å². The SMILES string of the molecule is O=C1OC(COc2ccon2)CN1c1ccc(N2CC(O)C2)c(F)c1. The van der Waals surface area contributed by atoms with Crippen LogP contribution >= 0.6 is 0 Å². The lowest BCUT2D eigenvalue weighted by atomic mass is 10.1. The molecule has 3 heterocycles. The van der Waals surface area contributed by atoms with E-state index >= 15 is 0 Å². The first kappa shape index (κ1) is 15.7. The lowest BCUT2D eigenvalue weighted by Crippen LogP contribution is -2.51. The third-order valence-electron chi connectivity index (χ3n) is 4.15. The molecule has 2 aliphatic heterocycles. The van der Waals surface area contributed by atoms with Crippen LogP contribution in [0.4, 0.5) is 20.6 Å². The number of aliphatic hydroxyl groups is 1. The van der Waals surface area contributed by atoms with E-state index in [1.807, 2.05) is 0 Å². The largest absolute Gasteiger partial charge is 0.471 e. The predicted molar refractivity (Wildman–Crippen MR) is 84.2 cm³/mol. The fourth-order valence-corrected chi connectivity index (χ4v) is 2.85. The van der Waals surface area contributed by atoms with Crippen molar-refractivity contribution in [3.05, 3.63) is 36.3 Å². The molecule has 0 spiro atoms. The van der Waals surface area contributed by atoms with Gasteiger partial charge in [-0.15, -0.1) is 0 Å². The van der Waals surface area contributed by atoms with Gasteiger partial charge in [0.2, 0.25) is 0 Å². The summed E-state index contributed by atoms with van der Waals surface area (Å²) in [6.45, 7) is 1.19. The number of cyclic esters (lactones) is 1. The Morgan fingerprint density at radius 1 is 1.32 bits per heavy atom. The van der Waals surface area contributed by atoms with Gasteiger partial charge in [-0.3, -0.25) is 4.90 Å². The molecule has 0 aliphatic carbocycles. The number of carbonyl (C=O) groups is 1. The Labute approximate surface area is 142 Å². The number of rotatable bonds is 5. The van der Waals surface area contributed by atoms with Crippen molar-refractivity contribution < 1.29 is 28.3 Å². The molecular weight excluding hydrogens is 333 g/mol. The smallest absolute Gasteiger partial charge is 0.414 e. The van der Waals surface area contributed by atoms with Crippen LogP contribution in [0.15, 0.2) is 35.1 Å². The van der Waals surface area contributed by atoms with Crippen molar-refractivity contribution in [1.82, 2.24) is 5.16 Å². The molecule has 8 nitrogen and oxygen atoms in total. The fourth-order valence-electron chi connectivity index (χ4n) is 2.85. The number of amides is 1. The number of β-amino-alcohol motifs (C(OH)–C–C–N with tert-alkyl or cyclic N) is 1. The highest BCUT2D eigenvalue weighted by atomic mass is 19.1. The Hall–Kier alpha value is -2.81. The molecule has 1 aromatic heterocycles. The average molecular weight is 349 g/mol. The number of halogens is 1. The van der Waals surface area contributed by atoms with Crippen LogP contribution in [0.1, 0.15) is 0 Å². The van der Waals surface area contributed by atoms with E-state index < -0.39 is 24.1 Å². The summed E-state index contributed by atoms with van der Waals surface area (Å²) in [6, 6.07) is 6.10. The number of anilines is 2. The first-order chi connectivity index (χ1) is 12.1. The number of hydrogen-bond donors (Lipinski definition) is 1. The molecule has 2 aromatic rings. The number of aromatic nitrogens is 1. The molecule has 132 valence electrons. The molecular formula is C16H16FN3O5. The molecule has 4 rings (SSSR count). The summed E-state index contributed by atoms with van der Waals surface area (Å²) in [5.41, 5.74) is 0.823. The number of hydrogen-bond acceptors (Lipinski definition) is 7. The van der Waals surface area contributed by atoms with Gasteiger partial charge < -0.3 is 24.0 Å². The molecule has 25 heavy (non-hydrogen) atoms. The topological polar surface area (TPSA) is 88.3 Å². The maximum atomic E-state index is 14.3. The van der Waals surface area contributed by atoms with Crippen molar-refractivity contribution in [3.63, 3.8) is 0 Å². The molecule has 0 saturated carbocycles. The molecule has 0 bridgehead atoms. The highest BCUT2D eigenvalue weighted by molar-refractivity contribution is 5.90. The van der Waals surface area contributed by atoms with Crippen molar-refractivity contribution in [2.75, 3.05) is 36.0 Å². The van der Waals surface area contributed by atoms with Gasteiger partial charge in [-0.25, -0.2) is 9.18 Å². The predicted octanol–water partition coefficient (Wildman–Crippen LogP) is 1.40. The maximum absolute atomic E-state index is 14.3. The van der Waals surface area contributed by atoms with Crippen LogP contribution < -0.4 is 14.5 Å². The fraction of sp³-hybridized carbons (Fsp3) is 0.375. The van der Waals surface area contributed by atoms with Crippen molar-refractivity contribution in [2.45, 2.75) is 12.2 Å². The monoisotopic (exact) mass is 349 g/mol. The van der Waals surface area contributed by atoms with Crippen LogP contribution in [0.25, 0.3) is 0 Å². The number of benzene rings is 1. The van der Waals surface area contributed by atoms with E-state index in [0.717, 1.165) is 0 Å². The van der Waals surface area contributed by atoms with Crippen molar-refractivity contribution in [2.24, 2.45) is 0 Å². The minimum atomic E-state index is -0.555. The zero-order valence-electron chi connectivity index (χ0n) is 13.2. The minimum Gasteiger partial charge on any atom is -0.471 e. The van der Waals surface area contributed by atoms with Gasteiger partial charge in [-0.1, -0.05) is 0 Å². The molecule has 1 amide bonds. The van der Waals surface area contributed by atoms with Crippen LogP contribution in [0.3, 0.4) is 0 Å². The van der Waals surface area contributed by atoms with E-state index in [4.69, 9.17) is 9.47 Å². The van der Waals surface area contributed by atoms with Crippen molar-refractivity contribution >= 4 is 17.5 Å². The van der Waals surface area contributed by atoms with Crippen molar-refractivity contribution in [1.29, 1.82) is 0 Å². The molecule has 1 aromatic carbocycles. The lowest BCUT2D eigenvalue weighted by Gasteiger charge is -2.38. The van der Waals surface area contributed by atoms with Crippen LogP contribution in [-0.2, 0) is 4.74 Å². The number of carbonyl (C=O) groups excluding carboxylic acids is 1. The highest BCUT2D eigenvalue weighted by Gasteiger charge is 2.34. The van der Waals surface area contributed by atoms with E-state index in [1.54, 1.807) is 23.1 Å². The minimum absolute atomic E-state index is 0.126. The Morgan fingerprint density at radius 3 is 2.84 bits per heavy atom. The summed E-state index contributed by atoms with van der Waals surface area (Å²) in [4.78, 5) is 15.1. The number of aliphatic hydroxyl groups excluding tert-OH is 1. The van der Waals surface area contributed by atoms with Gasteiger partial charge >= 0.3 is 6.09 Å². The first-order valence-electron chi connectivity index (χ1n) is 7.84. The Morgan fingerprint density at radius 2 is 2.16 bits per heavy atom. The van der Waals surface area contributed by atoms with E-state index in [1.165, 1.54) is 17.2 Å². The number of ether oxygens (including phenoxy) is 2. The van der Waals surface area contributed by atoms with Gasteiger partial charge in [0.15, 0.2) is 6.10 Å². The summed E-state index contributed by atoms with van der Waals surface area (Å²) in [6.07, 6.45) is -0.0834. The molecule has 1 N–H and O–H groups in total. The molecule has 2 fully saturated rings. The van der Waals surface area contributed by atoms with Gasteiger partial charge in [0.05, 0.1) is 24.0 Å². The molecule has 1 atom stereocenters. The standard InChI is InChI=1S/C16H16FN3O5/c17-13-5-10(1-2-14(13)19-6-11(21)7-19)20-8-12(25-16(20)22)9-23-15-3-4-24-18-15/h1-5,11-12,21H,6-9H2. The van der Waals surface area contributed by atoms with Gasteiger partial charge in [-0.2, -0.15) is 0 Å². The van der Waals surface area contributed by atoms with Crippen LogP contribution in [0.2, 0.25) is 0 Å². The molecule has 2 saturated heterocycles. The summed E-state index contributed by atoms with van der Waals surface area (Å²) in [7, 11) is 0. The third-order valence-corrected chi connectivity index (χ3v) is 4.15. The molecule has 0 radical (unpaired) electrons. The number of nitrogens with zero attached hydrogens (tertiary/aromatic N) is 3. The average Bonchev–Trinajstić information content (AvgIpc) is 3.20. The van der Waals surface area contributed by atoms with Gasteiger partial charge in [-0.05, 0) is 23.4 Å². The first-order valence-corrected chi connectivity index (χ1v) is 7.84. The van der Waals surface area contributed by atoms with Gasteiger partial charge in [0, 0.05) is 19.2 Å². The van der Waals surface area contributed by atoms with E-state index in [-0.39, 0.29) is 13.2 Å².